The number of anilines is 1. The maximum absolute atomic E-state index is 9.34. The monoisotopic (exact) mass is 214 g/mol. The molecule has 1 fully saturated rings. The molecular weight excluding hydrogens is 200 g/mol. The third-order valence-electron chi connectivity index (χ3n) is 2.22. The minimum absolute atomic E-state index is 0.471. The van der Waals surface area contributed by atoms with Crippen LogP contribution in [0, 0.1) is 0 Å². The topological polar surface area (TPSA) is 45.6 Å². The Morgan fingerprint density at radius 1 is 1.57 bits per heavy atom. The molecule has 1 saturated heterocycles. The average molecular weight is 214 g/mol. The summed E-state index contributed by atoms with van der Waals surface area (Å²) in [6.45, 7) is 5.06. The molecule has 1 aliphatic heterocycles. The van der Waals surface area contributed by atoms with Crippen molar-refractivity contribution in [2.75, 3.05) is 31.2 Å². The zero-order chi connectivity index (χ0) is 9.97. The van der Waals surface area contributed by atoms with E-state index in [2.05, 4.69) is 9.88 Å². The molecular formula is C9H14N2O2S. The molecule has 0 radical (unpaired) electrons. The first kappa shape index (κ1) is 9.89. The second-order valence-electron chi connectivity index (χ2n) is 3.33. The van der Waals surface area contributed by atoms with Gasteiger partial charge in [-0.25, -0.2) is 4.98 Å². The van der Waals surface area contributed by atoms with Gasteiger partial charge in [-0.05, 0) is 6.92 Å². The summed E-state index contributed by atoms with van der Waals surface area (Å²) in [5, 5.41) is 12.2. The van der Waals surface area contributed by atoms with E-state index in [4.69, 9.17) is 4.74 Å². The zero-order valence-electron chi connectivity index (χ0n) is 8.14. The van der Waals surface area contributed by atoms with E-state index in [9.17, 15) is 5.11 Å². The standard InChI is InChI=1S/C9H14N2O2S/c1-7(12)8-6-14-9(10-8)11-2-4-13-5-3-11/h6-7,12H,2-5H2,1H3. The minimum Gasteiger partial charge on any atom is -0.387 e. The highest BCUT2D eigenvalue weighted by Crippen LogP contribution is 2.24. The average Bonchev–Trinajstić information content (AvgIpc) is 2.68. The number of aromatic nitrogens is 1. The van der Waals surface area contributed by atoms with Crippen LogP contribution in [0.1, 0.15) is 18.7 Å². The fourth-order valence-electron chi connectivity index (χ4n) is 1.37. The van der Waals surface area contributed by atoms with Crippen molar-refractivity contribution in [2.45, 2.75) is 13.0 Å². The summed E-state index contributed by atoms with van der Waals surface area (Å²) >= 11 is 1.58. The largest absolute Gasteiger partial charge is 0.387 e. The molecule has 1 atom stereocenters. The lowest BCUT2D eigenvalue weighted by atomic mass is 10.3. The van der Waals surface area contributed by atoms with Crippen LogP contribution in [0.15, 0.2) is 5.38 Å². The summed E-state index contributed by atoms with van der Waals surface area (Å²) in [5.74, 6) is 0. The van der Waals surface area contributed by atoms with Crippen LogP contribution in [0.3, 0.4) is 0 Å². The molecule has 0 bridgehead atoms. The number of nitrogens with zero attached hydrogens (tertiary/aromatic N) is 2. The molecule has 1 aliphatic rings. The van der Waals surface area contributed by atoms with Crippen molar-refractivity contribution >= 4 is 16.5 Å². The lowest BCUT2D eigenvalue weighted by molar-refractivity contribution is 0.122. The number of aliphatic hydroxyl groups is 1. The Balaban J connectivity index is 2.07. The number of ether oxygens (including phenoxy) is 1. The van der Waals surface area contributed by atoms with Crippen molar-refractivity contribution in [3.05, 3.63) is 11.1 Å². The van der Waals surface area contributed by atoms with Crippen LogP contribution in [0.5, 0.6) is 0 Å². The van der Waals surface area contributed by atoms with E-state index in [-0.39, 0.29) is 0 Å². The molecule has 0 spiro atoms. The SMILES string of the molecule is CC(O)c1csc(N2CCOCC2)n1. The van der Waals surface area contributed by atoms with E-state index in [0.29, 0.717) is 0 Å². The van der Waals surface area contributed by atoms with Gasteiger partial charge in [-0.3, -0.25) is 0 Å². The molecule has 1 aromatic rings. The summed E-state index contributed by atoms with van der Waals surface area (Å²) in [6.07, 6.45) is -0.471. The molecule has 2 rings (SSSR count). The highest BCUT2D eigenvalue weighted by molar-refractivity contribution is 7.13. The molecule has 5 heteroatoms. The van der Waals surface area contributed by atoms with Crippen molar-refractivity contribution in [1.82, 2.24) is 4.98 Å². The highest BCUT2D eigenvalue weighted by atomic mass is 32.1. The number of thiazole rings is 1. The minimum atomic E-state index is -0.471. The highest BCUT2D eigenvalue weighted by Gasteiger charge is 2.15. The molecule has 0 amide bonds. The van der Waals surface area contributed by atoms with Crippen LogP contribution in [0.2, 0.25) is 0 Å². The first-order valence-corrected chi connectivity index (χ1v) is 5.61. The van der Waals surface area contributed by atoms with Gasteiger partial charge in [0.2, 0.25) is 0 Å². The van der Waals surface area contributed by atoms with E-state index in [1.807, 2.05) is 5.38 Å². The third-order valence-corrected chi connectivity index (χ3v) is 3.14. The van der Waals surface area contributed by atoms with Crippen molar-refractivity contribution in [1.29, 1.82) is 0 Å². The predicted octanol–water partition coefficient (Wildman–Crippen LogP) is 1.03. The second kappa shape index (κ2) is 4.25. The Kier molecular flexibility index (Phi) is 3.00. The molecule has 0 aromatic carbocycles. The quantitative estimate of drug-likeness (QED) is 0.798. The Hall–Kier alpha value is -0.650. The lowest BCUT2D eigenvalue weighted by Gasteiger charge is -2.26. The molecule has 2 heterocycles. The van der Waals surface area contributed by atoms with Crippen LogP contribution in [-0.4, -0.2) is 36.4 Å². The van der Waals surface area contributed by atoms with Gasteiger partial charge in [0, 0.05) is 18.5 Å². The molecule has 14 heavy (non-hydrogen) atoms. The van der Waals surface area contributed by atoms with Gasteiger partial charge in [-0.15, -0.1) is 11.3 Å². The Labute approximate surface area is 87.1 Å². The van der Waals surface area contributed by atoms with Gasteiger partial charge in [0.1, 0.15) is 0 Å². The van der Waals surface area contributed by atoms with Crippen LogP contribution in [0.25, 0.3) is 0 Å². The number of hydrogen-bond acceptors (Lipinski definition) is 5. The predicted molar refractivity (Wildman–Crippen MR) is 55.8 cm³/mol. The van der Waals surface area contributed by atoms with Crippen molar-refractivity contribution in [3.8, 4) is 0 Å². The molecule has 4 nitrogen and oxygen atoms in total. The first-order valence-electron chi connectivity index (χ1n) is 4.73. The molecule has 0 saturated carbocycles. The molecule has 1 unspecified atom stereocenters. The van der Waals surface area contributed by atoms with Gasteiger partial charge in [-0.2, -0.15) is 0 Å². The van der Waals surface area contributed by atoms with Gasteiger partial charge < -0.3 is 14.7 Å². The first-order chi connectivity index (χ1) is 6.77. The van der Waals surface area contributed by atoms with Gasteiger partial charge in [0.25, 0.3) is 0 Å². The smallest absolute Gasteiger partial charge is 0.185 e. The van der Waals surface area contributed by atoms with Crippen molar-refractivity contribution in [2.24, 2.45) is 0 Å². The van der Waals surface area contributed by atoms with E-state index in [1.54, 1.807) is 18.3 Å². The summed E-state index contributed by atoms with van der Waals surface area (Å²) in [4.78, 5) is 6.57. The molecule has 0 aliphatic carbocycles. The van der Waals surface area contributed by atoms with E-state index in [1.165, 1.54) is 0 Å². The maximum Gasteiger partial charge on any atom is 0.185 e. The fourth-order valence-corrected chi connectivity index (χ4v) is 2.33. The summed E-state index contributed by atoms with van der Waals surface area (Å²) in [5.41, 5.74) is 0.761. The normalized spacial score (nSPS) is 19.7. The molecule has 1 aromatic heterocycles. The van der Waals surface area contributed by atoms with Gasteiger partial charge in [-0.1, -0.05) is 0 Å². The van der Waals surface area contributed by atoms with Gasteiger partial charge in [0.15, 0.2) is 5.13 Å². The Bertz CT molecular complexity index is 295. The van der Waals surface area contributed by atoms with E-state index in [0.717, 1.165) is 37.1 Å². The number of hydrogen-bond donors (Lipinski definition) is 1. The van der Waals surface area contributed by atoms with E-state index >= 15 is 0 Å². The maximum atomic E-state index is 9.34. The Morgan fingerprint density at radius 2 is 2.29 bits per heavy atom. The van der Waals surface area contributed by atoms with E-state index < -0.39 is 6.10 Å². The Morgan fingerprint density at radius 3 is 2.86 bits per heavy atom. The second-order valence-corrected chi connectivity index (χ2v) is 4.17. The fraction of sp³-hybridized carbons (Fsp3) is 0.667. The number of aliphatic hydroxyl groups excluding tert-OH is 1. The zero-order valence-corrected chi connectivity index (χ0v) is 8.96. The van der Waals surface area contributed by atoms with Crippen LogP contribution in [0.4, 0.5) is 5.13 Å². The summed E-state index contributed by atoms with van der Waals surface area (Å²) in [6, 6.07) is 0. The van der Waals surface area contributed by atoms with Crippen molar-refractivity contribution in [3.63, 3.8) is 0 Å². The van der Waals surface area contributed by atoms with Crippen LogP contribution in [-0.2, 0) is 4.74 Å². The van der Waals surface area contributed by atoms with Crippen LogP contribution < -0.4 is 4.90 Å². The lowest BCUT2D eigenvalue weighted by Crippen LogP contribution is -2.36. The summed E-state index contributed by atoms with van der Waals surface area (Å²) < 4.78 is 5.26. The van der Waals surface area contributed by atoms with Crippen LogP contribution >= 0.6 is 11.3 Å². The number of morpholine rings is 1. The van der Waals surface area contributed by atoms with Gasteiger partial charge in [0.05, 0.1) is 25.0 Å². The van der Waals surface area contributed by atoms with Gasteiger partial charge >= 0.3 is 0 Å². The summed E-state index contributed by atoms with van der Waals surface area (Å²) in [7, 11) is 0. The molecule has 78 valence electrons. The number of rotatable bonds is 2. The third kappa shape index (κ3) is 2.05. The van der Waals surface area contributed by atoms with Crippen molar-refractivity contribution < 1.29 is 9.84 Å². The molecule has 1 N–H and O–H groups in total.